The SMILES string of the molecule is CN(C)c1ccc(N/C(=C\C(=N)C(C)(C)C)NC(=O)Nc2ccc(OCc3ccnc(Nc4cnccn4)c3)c3ccccc23)cn1. The van der Waals surface area contributed by atoms with E-state index in [1.165, 1.54) is 0 Å². The van der Waals surface area contributed by atoms with Gasteiger partial charge in [-0.1, -0.05) is 45.0 Å². The molecular formula is C35H38N10O2. The third-order valence-corrected chi connectivity index (χ3v) is 7.00. The molecule has 5 aromatic rings. The van der Waals surface area contributed by atoms with Crippen molar-refractivity contribution in [3.05, 3.63) is 109 Å². The minimum Gasteiger partial charge on any atom is -0.488 e. The van der Waals surface area contributed by atoms with E-state index in [9.17, 15) is 4.79 Å². The van der Waals surface area contributed by atoms with Gasteiger partial charge in [0.1, 0.15) is 35.6 Å². The number of carbonyl (C=O) groups is 1. The summed E-state index contributed by atoms with van der Waals surface area (Å²) in [6.45, 7) is 6.13. The number of nitrogens with one attached hydrogen (secondary N) is 5. The van der Waals surface area contributed by atoms with Gasteiger partial charge in [-0.3, -0.25) is 10.3 Å². The highest BCUT2D eigenvalue weighted by atomic mass is 16.5. The van der Waals surface area contributed by atoms with Gasteiger partial charge in [0.05, 0.1) is 23.8 Å². The van der Waals surface area contributed by atoms with Crippen LogP contribution in [0.4, 0.5) is 33.6 Å². The molecule has 2 aromatic carbocycles. The summed E-state index contributed by atoms with van der Waals surface area (Å²) >= 11 is 0. The lowest BCUT2D eigenvalue weighted by atomic mass is 9.90. The summed E-state index contributed by atoms with van der Waals surface area (Å²) in [5.41, 5.74) is 2.11. The predicted molar refractivity (Wildman–Crippen MR) is 187 cm³/mol. The van der Waals surface area contributed by atoms with Gasteiger partial charge in [-0.05, 0) is 42.0 Å². The average molecular weight is 631 g/mol. The molecule has 0 aliphatic rings. The first-order chi connectivity index (χ1) is 22.5. The number of carbonyl (C=O) groups excluding carboxylic acids is 1. The Balaban J connectivity index is 1.30. The molecule has 5 rings (SSSR count). The molecule has 5 N–H and O–H groups in total. The summed E-state index contributed by atoms with van der Waals surface area (Å²) in [6, 6.07) is 18.4. The molecule has 0 aliphatic heterocycles. The molecule has 0 atom stereocenters. The molecule has 0 aliphatic carbocycles. The predicted octanol–water partition coefficient (Wildman–Crippen LogP) is 6.95. The average Bonchev–Trinajstić information content (AvgIpc) is 3.05. The Morgan fingerprint density at radius 2 is 1.68 bits per heavy atom. The molecule has 0 radical (unpaired) electrons. The van der Waals surface area contributed by atoms with Crippen LogP contribution in [-0.2, 0) is 6.61 Å². The van der Waals surface area contributed by atoms with Gasteiger partial charge in [-0.25, -0.2) is 19.7 Å². The highest BCUT2D eigenvalue weighted by Gasteiger charge is 2.18. The van der Waals surface area contributed by atoms with E-state index in [0.29, 0.717) is 46.9 Å². The maximum atomic E-state index is 13.3. The van der Waals surface area contributed by atoms with Crippen molar-refractivity contribution < 1.29 is 9.53 Å². The first-order valence-electron chi connectivity index (χ1n) is 15.0. The molecule has 3 heterocycles. The molecule has 0 saturated carbocycles. The van der Waals surface area contributed by atoms with E-state index >= 15 is 0 Å². The molecule has 240 valence electrons. The fourth-order valence-electron chi connectivity index (χ4n) is 4.41. The van der Waals surface area contributed by atoms with Crippen molar-refractivity contribution in [3.8, 4) is 5.75 Å². The van der Waals surface area contributed by atoms with Crippen LogP contribution >= 0.6 is 0 Å². The number of nitrogens with zero attached hydrogens (tertiary/aromatic N) is 5. The monoisotopic (exact) mass is 630 g/mol. The Bertz CT molecular complexity index is 1890. The van der Waals surface area contributed by atoms with Gasteiger partial charge >= 0.3 is 6.03 Å². The Morgan fingerprint density at radius 1 is 0.894 bits per heavy atom. The fourth-order valence-corrected chi connectivity index (χ4v) is 4.41. The zero-order valence-corrected chi connectivity index (χ0v) is 27.0. The first kappa shape index (κ1) is 32.4. The van der Waals surface area contributed by atoms with Crippen LogP contribution in [0.3, 0.4) is 0 Å². The quantitative estimate of drug-likeness (QED) is 0.0976. The second-order valence-corrected chi connectivity index (χ2v) is 11.9. The number of aromatic nitrogens is 4. The second kappa shape index (κ2) is 14.4. The zero-order chi connectivity index (χ0) is 33.4. The Labute approximate surface area is 273 Å². The number of hydrogen-bond acceptors (Lipinski definition) is 10. The molecule has 3 aromatic heterocycles. The minimum absolute atomic E-state index is 0.304. The number of urea groups is 1. The molecule has 12 nitrogen and oxygen atoms in total. The summed E-state index contributed by atoms with van der Waals surface area (Å²) < 4.78 is 6.24. The van der Waals surface area contributed by atoms with Gasteiger partial charge in [-0.2, -0.15) is 0 Å². The van der Waals surface area contributed by atoms with Gasteiger partial charge < -0.3 is 31.0 Å². The summed E-state index contributed by atoms with van der Waals surface area (Å²) in [5, 5.41) is 22.4. The van der Waals surface area contributed by atoms with Crippen molar-refractivity contribution in [2.24, 2.45) is 5.41 Å². The lowest BCUT2D eigenvalue weighted by Crippen LogP contribution is -2.32. The Morgan fingerprint density at radius 3 is 2.38 bits per heavy atom. The molecule has 0 fully saturated rings. The van der Waals surface area contributed by atoms with Crippen LogP contribution in [-0.4, -0.2) is 45.8 Å². The largest absolute Gasteiger partial charge is 0.488 e. The van der Waals surface area contributed by atoms with Gasteiger partial charge in [0.2, 0.25) is 0 Å². The van der Waals surface area contributed by atoms with Crippen molar-refractivity contribution in [1.29, 1.82) is 5.41 Å². The van der Waals surface area contributed by atoms with E-state index in [1.807, 2.05) is 100 Å². The van der Waals surface area contributed by atoms with Crippen LogP contribution in [0.25, 0.3) is 10.8 Å². The highest BCUT2D eigenvalue weighted by molar-refractivity contribution is 6.05. The highest BCUT2D eigenvalue weighted by Crippen LogP contribution is 2.32. The molecule has 47 heavy (non-hydrogen) atoms. The van der Waals surface area contributed by atoms with E-state index in [-0.39, 0.29) is 0 Å². The van der Waals surface area contributed by atoms with E-state index in [4.69, 9.17) is 10.1 Å². The van der Waals surface area contributed by atoms with Gasteiger partial charge in [0, 0.05) is 60.7 Å². The third-order valence-electron chi connectivity index (χ3n) is 7.00. The van der Waals surface area contributed by atoms with Gasteiger partial charge in [0.15, 0.2) is 0 Å². The van der Waals surface area contributed by atoms with Gasteiger partial charge in [-0.15, -0.1) is 0 Å². The molecular weight excluding hydrogens is 592 g/mol. The van der Waals surface area contributed by atoms with Crippen LogP contribution < -0.4 is 30.9 Å². The standard InChI is InChI=1S/C35H38N10O2/c1-35(2,3)29(36)19-31(41-24-10-13-33(40-20-24)45(4)5)44-34(46)42-27-11-12-28(26-9-7-6-8-25(26)27)47-22-23-14-15-38-30(18-23)43-32-21-37-16-17-39-32/h6-21,36,41H,22H2,1-5H3,(H,38,39,43)(H2,42,44,46)/b31-19+,36-29?. The Kier molecular flexibility index (Phi) is 9.90. The molecule has 0 unspecified atom stereocenters. The van der Waals surface area contributed by atoms with Crippen LogP contribution in [0, 0.1) is 10.8 Å². The fraction of sp³-hybridized carbons (Fsp3) is 0.200. The van der Waals surface area contributed by atoms with E-state index < -0.39 is 11.4 Å². The maximum absolute atomic E-state index is 13.3. The van der Waals surface area contributed by atoms with Crippen molar-refractivity contribution in [3.63, 3.8) is 0 Å². The van der Waals surface area contributed by atoms with Gasteiger partial charge in [0.25, 0.3) is 0 Å². The number of hydrogen-bond donors (Lipinski definition) is 5. The molecule has 0 bridgehead atoms. The Hall–Kier alpha value is -6.04. The van der Waals surface area contributed by atoms with Crippen LogP contribution in [0.1, 0.15) is 26.3 Å². The number of amides is 2. The van der Waals surface area contributed by atoms with E-state index in [2.05, 4.69) is 41.2 Å². The summed E-state index contributed by atoms with van der Waals surface area (Å²) in [5.74, 6) is 3.04. The number of benzene rings is 2. The molecule has 12 heteroatoms. The van der Waals surface area contributed by atoms with Crippen molar-refractivity contribution >= 4 is 51.3 Å². The lowest BCUT2D eigenvalue weighted by molar-refractivity contribution is 0.254. The second-order valence-electron chi connectivity index (χ2n) is 11.9. The van der Waals surface area contributed by atoms with Crippen LogP contribution in [0.5, 0.6) is 5.75 Å². The lowest BCUT2D eigenvalue weighted by Gasteiger charge is -2.20. The number of pyridine rings is 2. The van der Waals surface area contributed by atoms with E-state index in [1.54, 1.807) is 37.1 Å². The maximum Gasteiger partial charge on any atom is 0.324 e. The van der Waals surface area contributed by atoms with Crippen molar-refractivity contribution in [2.45, 2.75) is 27.4 Å². The third kappa shape index (κ3) is 8.78. The molecule has 0 saturated heterocycles. The summed E-state index contributed by atoms with van der Waals surface area (Å²) in [7, 11) is 3.83. The van der Waals surface area contributed by atoms with Crippen LogP contribution in [0.15, 0.2) is 104 Å². The molecule has 0 spiro atoms. The normalized spacial score (nSPS) is 11.5. The molecule has 2 amide bonds. The smallest absolute Gasteiger partial charge is 0.324 e. The number of fused-ring (bicyclic) bond motifs is 1. The van der Waals surface area contributed by atoms with Crippen molar-refractivity contribution in [2.75, 3.05) is 34.9 Å². The first-order valence-corrected chi connectivity index (χ1v) is 15.0. The number of rotatable bonds is 11. The number of allylic oxidation sites excluding steroid dienone is 1. The van der Waals surface area contributed by atoms with E-state index in [0.717, 1.165) is 22.2 Å². The minimum atomic E-state index is -0.470. The van der Waals surface area contributed by atoms with Crippen molar-refractivity contribution in [1.82, 2.24) is 25.3 Å². The number of ether oxygens (including phenoxy) is 1. The zero-order valence-electron chi connectivity index (χ0n) is 27.0. The summed E-state index contributed by atoms with van der Waals surface area (Å²) in [6.07, 6.45) is 9.84. The topological polar surface area (TPSA) is 153 Å². The summed E-state index contributed by atoms with van der Waals surface area (Å²) in [4.78, 5) is 32.3. The van der Waals surface area contributed by atoms with Crippen LogP contribution in [0.2, 0.25) is 0 Å². The number of anilines is 5.